The summed E-state index contributed by atoms with van der Waals surface area (Å²) in [5.41, 5.74) is -0.221. The Balaban J connectivity index is 3.36. The van der Waals surface area contributed by atoms with E-state index in [1.165, 1.54) is 19.1 Å². The van der Waals surface area contributed by atoms with Crippen molar-refractivity contribution in [2.75, 3.05) is 0 Å². The third-order valence-electron chi connectivity index (χ3n) is 2.80. The van der Waals surface area contributed by atoms with Crippen LogP contribution in [-0.4, -0.2) is 27.2 Å². The van der Waals surface area contributed by atoms with Crippen LogP contribution in [0.15, 0.2) is 16.6 Å². The van der Waals surface area contributed by atoms with Gasteiger partial charge in [-0.2, -0.15) is 0 Å². The average molecular weight is 362 g/mol. The predicted molar refractivity (Wildman–Crippen MR) is 78.4 cm³/mol. The molecule has 0 aliphatic rings. The Bertz CT molecular complexity index is 546. The molecule has 2 N–H and O–H groups in total. The highest BCUT2D eigenvalue weighted by molar-refractivity contribution is 9.10. The van der Waals surface area contributed by atoms with Gasteiger partial charge in [-0.05, 0) is 19.4 Å². The van der Waals surface area contributed by atoms with E-state index in [4.69, 9.17) is 9.84 Å². The Morgan fingerprint density at radius 2 is 2.14 bits per heavy atom. The van der Waals surface area contributed by atoms with Gasteiger partial charge < -0.3 is 14.9 Å². The topological polar surface area (TPSA) is 110 Å². The summed E-state index contributed by atoms with van der Waals surface area (Å²) in [7, 11) is 0. The molecular weight excluding hydrogens is 346 g/mol. The molecule has 116 valence electrons. The van der Waals surface area contributed by atoms with Crippen molar-refractivity contribution in [1.29, 1.82) is 0 Å². The van der Waals surface area contributed by atoms with Crippen molar-refractivity contribution in [3.63, 3.8) is 0 Å². The van der Waals surface area contributed by atoms with Crippen molar-refractivity contribution in [2.45, 2.75) is 38.9 Å². The first-order valence-electron chi connectivity index (χ1n) is 6.33. The van der Waals surface area contributed by atoms with Gasteiger partial charge in [-0.3, -0.25) is 10.1 Å². The lowest BCUT2D eigenvalue weighted by Gasteiger charge is -2.18. The van der Waals surface area contributed by atoms with Crippen molar-refractivity contribution in [2.24, 2.45) is 0 Å². The van der Waals surface area contributed by atoms with E-state index in [0.717, 1.165) is 0 Å². The summed E-state index contributed by atoms with van der Waals surface area (Å²) in [5, 5.41) is 30.0. The fraction of sp³-hybridized carbons (Fsp3) is 0.462. The maximum Gasteiger partial charge on any atom is 0.344 e. The first kappa shape index (κ1) is 17.4. The van der Waals surface area contributed by atoms with Crippen molar-refractivity contribution in [3.05, 3.63) is 32.3 Å². The van der Waals surface area contributed by atoms with Gasteiger partial charge in [0.1, 0.15) is 0 Å². The second-order valence-corrected chi connectivity index (χ2v) is 5.43. The van der Waals surface area contributed by atoms with Crippen LogP contribution in [0.3, 0.4) is 0 Å². The molecule has 0 bridgehead atoms. The van der Waals surface area contributed by atoms with Crippen LogP contribution in [0, 0.1) is 10.1 Å². The molecule has 0 aliphatic carbocycles. The molecule has 21 heavy (non-hydrogen) atoms. The third-order valence-corrected chi connectivity index (χ3v) is 3.25. The van der Waals surface area contributed by atoms with E-state index in [1.807, 2.05) is 0 Å². The molecule has 0 amide bonds. The van der Waals surface area contributed by atoms with Crippen LogP contribution in [-0.2, 0) is 4.79 Å². The highest BCUT2D eigenvalue weighted by Crippen LogP contribution is 2.38. The molecule has 1 aromatic rings. The second kappa shape index (κ2) is 7.37. The van der Waals surface area contributed by atoms with Gasteiger partial charge in [0.15, 0.2) is 6.10 Å². The highest BCUT2D eigenvalue weighted by atomic mass is 79.9. The van der Waals surface area contributed by atoms with E-state index < -0.39 is 23.1 Å². The summed E-state index contributed by atoms with van der Waals surface area (Å²) >= 11 is 3.12. The van der Waals surface area contributed by atoms with Crippen LogP contribution >= 0.6 is 15.9 Å². The van der Waals surface area contributed by atoms with Gasteiger partial charge in [0.25, 0.3) is 0 Å². The lowest BCUT2D eigenvalue weighted by Crippen LogP contribution is -2.27. The van der Waals surface area contributed by atoms with Crippen molar-refractivity contribution < 1.29 is 24.7 Å². The average Bonchev–Trinajstić information content (AvgIpc) is 2.38. The number of carboxylic acids is 1. The molecule has 2 atom stereocenters. The largest absolute Gasteiger partial charge is 0.479 e. The van der Waals surface area contributed by atoms with Crippen LogP contribution < -0.4 is 4.74 Å². The number of hydrogen-bond acceptors (Lipinski definition) is 5. The van der Waals surface area contributed by atoms with Gasteiger partial charge in [0.05, 0.1) is 11.0 Å². The van der Waals surface area contributed by atoms with Gasteiger partial charge >= 0.3 is 11.7 Å². The fourth-order valence-corrected chi connectivity index (χ4v) is 2.27. The molecule has 7 nitrogen and oxygen atoms in total. The van der Waals surface area contributed by atoms with Gasteiger partial charge in [-0.1, -0.05) is 29.3 Å². The summed E-state index contributed by atoms with van der Waals surface area (Å²) in [6, 6.07) is 2.68. The van der Waals surface area contributed by atoms with Crippen molar-refractivity contribution in [3.8, 4) is 5.75 Å². The molecular formula is C13H16BrNO6. The van der Waals surface area contributed by atoms with Gasteiger partial charge in [-0.25, -0.2) is 4.79 Å². The first-order chi connectivity index (χ1) is 9.77. The second-order valence-electron chi connectivity index (χ2n) is 4.51. The molecule has 0 aliphatic heterocycles. The summed E-state index contributed by atoms with van der Waals surface area (Å²) in [4.78, 5) is 21.6. The normalized spacial score (nSPS) is 13.5. The number of benzene rings is 1. The van der Waals surface area contributed by atoms with Crippen LogP contribution in [0.4, 0.5) is 5.69 Å². The molecule has 0 fully saturated rings. The molecule has 0 radical (unpaired) electrons. The van der Waals surface area contributed by atoms with E-state index in [-0.39, 0.29) is 23.4 Å². The highest BCUT2D eigenvalue weighted by Gasteiger charge is 2.28. The number of carboxylic acid groups (broad SMARTS) is 1. The maximum atomic E-state index is 11.2. The molecule has 1 aromatic carbocycles. The number of aliphatic carboxylic acids is 1. The van der Waals surface area contributed by atoms with Crippen molar-refractivity contribution in [1.82, 2.24) is 0 Å². The fourth-order valence-electron chi connectivity index (χ4n) is 1.81. The molecule has 1 unspecified atom stereocenters. The molecule has 0 saturated heterocycles. The van der Waals surface area contributed by atoms with E-state index in [1.54, 1.807) is 6.92 Å². The molecule has 0 saturated carbocycles. The number of nitrogens with zero attached hydrogens (tertiary/aromatic N) is 1. The van der Waals surface area contributed by atoms with Gasteiger partial charge in [0.2, 0.25) is 5.75 Å². The van der Waals surface area contributed by atoms with Crippen LogP contribution in [0.5, 0.6) is 5.75 Å². The van der Waals surface area contributed by atoms with Crippen LogP contribution in [0.25, 0.3) is 0 Å². The Kier molecular flexibility index (Phi) is 6.10. The van der Waals surface area contributed by atoms with Gasteiger partial charge in [0, 0.05) is 16.1 Å². The lowest BCUT2D eigenvalue weighted by molar-refractivity contribution is -0.386. The first-order valence-corrected chi connectivity index (χ1v) is 7.12. The molecule has 0 spiro atoms. The molecule has 0 heterocycles. The zero-order valence-corrected chi connectivity index (χ0v) is 13.2. The Hall–Kier alpha value is -1.67. The minimum Gasteiger partial charge on any atom is -0.479 e. The smallest absolute Gasteiger partial charge is 0.344 e. The van der Waals surface area contributed by atoms with E-state index in [9.17, 15) is 20.0 Å². The lowest BCUT2D eigenvalue weighted by atomic mass is 10.1. The summed E-state index contributed by atoms with van der Waals surface area (Å²) in [6.45, 7) is 3.21. The minimum absolute atomic E-state index is 0.165. The summed E-state index contributed by atoms with van der Waals surface area (Å²) in [6.07, 6.45) is -1.48. The van der Waals surface area contributed by atoms with Gasteiger partial charge in [-0.15, -0.1) is 0 Å². The predicted octanol–water partition coefficient (Wildman–Crippen LogP) is 3.04. The number of ether oxygens (including phenoxy) is 1. The third kappa shape index (κ3) is 4.40. The number of aliphatic hydroxyl groups is 1. The quantitative estimate of drug-likeness (QED) is 0.570. The van der Waals surface area contributed by atoms with Crippen LogP contribution in [0.1, 0.15) is 38.4 Å². The zero-order valence-electron chi connectivity index (χ0n) is 11.6. The number of hydrogen-bond donors (Lipinski definition) is 2. The van der Waals surface area contributed by atoms with Crippen molar-refractivity contribution >= 4 is 27.6 Å². The molecule has 1 rings (SSSR count). The Labute approximate surface area is 129 Å². The number of aliphatic hydroxyl groups excluding tert-OH is 1. The zero-order chi connectivity index (χ0) is 16.2. The monoisotopic (exact) mass is 361 g/mol. The standard InChI is InChI=1S/C13H16BrNO6/c1-3-4-11(13(17)18)21-12-9(7(2)16)5-8(14)6-10(12)15(19)20/h5-7,11,16H,3-4H2,1-2H3,(H,17,18)/t7-,11?/m0/s1. The number of nitro benzene ring substituents is 1. The number of halogens is 1. The number of rotatable bonds is 7. The van der Waals surface area contributed by atoms with E-state index in [0.29, 0.717) is 10.9 Å². The summed E-state index contributed by atoms with van der Waals surface area (Å²) < 4.78 is 5.74. The Morgan fingerprint density at radius 1 is 1.52 bits per heavy atom. The summed E-state index contributed by atoms with van der Waals surface area (Å²) in [5.74, 6) is -1.41. The minimum atomic E-state index is -1.20. The maximum absolute atomic E-state index is 11.2. The molecule has 8 heteroatoms. The Morgan fingerprint density at radius 3 is 2.57 bits per heavy atom. The molecule has 0 aromatic heterocycles. The van der Waals surface area contributed by atoms with E-state index >= 15 is 0 Å². The van der Waals surface area contributed by atoms with Crippen LogP contribution in [0.2, 0.25) is 0 Å². The SMILES string of the molecule is CCCC(Oc1c([C@H](C)O)cc(Br)cc1[N+](=O)[O-])C(=O)O. The van der Waals surface area contributed by atoms with E-state index in [2.05, 4.69) is 15.9 Å². The number of nitro groups is 1. The number of carbonyl (C=O) groups is 1.